The maximum Gasteiger partial charge on any atom is 0.251 e. The summed E-state index contributed by atoms with van der Waals surface area (Å²) in [6.07, 6.45) is 5.08. The van der Waals surface area contributed by atoms with Crippen LogP contribution in [-0.2, 0) is 18.7 Å². The zero-order valence-electron chi connectivity index (χ0n) is 13.9. The summed E-state index contributed by atoms with van der Waals surface area (Å²) in [5, 5.41) is 11.4. The number of amides is 1. The van der Waals surface area contributed by atoms with E-state index in [1.165, 1.54) is 23.9 Å². The Labute approximate surface area is 145 Å². The molecule has 1 amide bonds. The van der Waals surface area contributed by atoms with Crippen LogP contribution in [0, 0.1) is 5.82 Å². The van der Waals surface area contributed by atoms with Crippen LogP contribution in [-0.4, -0.2) is 26.9 Å². The van der Waals surface area contributed by atoms with E-state index >= 15 is 0 Å². The Morgan fingerprint density at radius 3 is 3.04 bits per heavy atom. The quantitative estimate of drug-likeness (QED) is 0.902. The lowest BCUT2D eigenvalue weighted by Gasteiger charge is -2.19. The lowest BCUT2D eigenvalue weighted by atomic mass is 10.1. The van der Waals surface area contributed by atoms with Gasteiger partial charge >= 0.3 is 0 Å². The fourth-order valence-corrected chi connectivity index (χ4v) is 3.51. The largest absolute Gasteiger partial charge is 0.342 e. The first-order valence-electron chi connectivity index (χ1n) is 8.10. The molecule has 0 saturated carbocycles. The summed E-state index contributed by atoms with van der Waals surface area (Å²) in [7, 11) is 0. The van der Waals surface area contributed by atoms with Gasteiger partial charge in [-0.3, -0.25) is 4.79 Å². The van der Waals surface area contributed by atoms with Gasteiger partial charge < -0.3 is 9.88 Å². The number of rotatable bonds is 5. The van der Waals surface area contributed by atoms with E-state index in [1.54, 1.807) is 6.07 Å². The van der Waals surface area contributed by atoms with Crippen LogP contribution in [0.25, 0.3) is 0 Å². The molecule has 1 N–H and O–H groups in total. The van der Waals surface area contributed by atoms with E-state index < -0.39 is 0 Å². The number of fused-ring (bicyclic) bond motifs is 1. The van der Waals surface area contributed by atoms with Crippen molar-refractivity contribution < 1.29 is 9.18 Å². The van der Waals surface area contributed by atoms with Gasteiger partial charge in [-0.25, -0.2) is 4.39 Å². The fraction of sp³-hybridized carbons (Fsp3) is 0.471. The molecule has 3 rings (SSSR count). The van der Waals surface area contributed by atoms with E-state index in [2.05, 4.69) is 20.1 Å². The molecular formula is C17H21FN4OS. The first-order valence-corrected chi connectivity index (χ1v) is 9.49. The number of hydrogen-bond acceptors (Lipinski definition) is 4. The highest BCUT2D eigenvalue weighted by molar-refractivity contribution is 7.97. The molecule has 2 aromatic rings. The summed E-state index contributed by atoms with van der Waals surface area (Å²) in [6.45, 7) is 2.79. The number of aryl methyl sites for hydroxylation is 1. The highest BCUT2D eigenvalue weighted by Crippen LogP contribution is 2.20. The highest BCUT2D eigenvalue weighted by Gasteiger charge is 2.22. The van der Waals surface area contributed by atoms with Crippen LogP contribution in [0.1, 0.15) is 53.4 Å². The molecule has 2 heterocycles. The molecule has 0 saturated heterocycles. The molecule has 1 aliphatic rings. The molecule has 128 valence electrons. The summed E-state index contributed by atoms with van der Waals surface area (Å²) in [5.74, 6) is 1.81. The van der Waals surface area contributed by atoms with Gasteiger partial charge in [-0.1, -0.05) is 0 Å². The van der Waals surface area contributed by atoms with Crippen molar-refractivity contribution in [3.63, 3.8) is 0 Å². The average Bonchev–Trinajstić information content (AvgIpc) is 3.01. The Bertz CT molecular complexity index is 746. The number of benzene rings is 1. The summed E-state index contributed by atoms with van der Waals surface area (Å²) in [5.41, 5.74) is 1.01. The van der Waals surface area contributed by atoms with Gasteiger partial charge in [0.25, 0.3) is 5.91 Å². The van der Waals surface area contributed by atoms with Crippen LogP contribution in [0.5, 0.6) is 0 Å². The third kappa shape index (κ3) is 3.45. The minimum Gasteiger partial charge on any atom is -0.342 e. The molecule has 0 fully saturated rings. The van der Waals surface area contributed by atoms with Crippen molar-refractivity contribution >= 4 is 17.7 Å². The predicted molar refractivity (Wildman–Crippen MR) is 92.5 cm³/mol. The Morgan fingerprint density at radius 2 is 2.25 bits per heavy atom. The molecule has 1 aromatic carbocycles. The summed E-state index contributed by atoms with van der Waals surface area (Å²) < 4.78 is 15.8. The molecule has 0 bridgehead atoms. The lowest BCUT2D eigenvalue weighted by Crippen LogP contribution is -2.29. The Balaban J connectivity index is 1.75. The van der Waals surface area contributed by atoms with Crippen molar-refractivity contribution in [3.8, 4) is 0 Å². The molecule has 7 heteroatoms. The van der Waals surface area contributed by atoms with Gasteiger partial charge in [-0.15, -0.1) is 10.2 Å². The molecule has 1 aliphatic heterocycles. The van der Waals surface area contributed by atoms with Crippen molar-refractivity contribution in [2.75, 3.05) is 6.26 Å². The molecule has 1 atom stereocenters. The van der Waals surface area contributed by atoms with Crippen LogP contribution in [0.4, 0.5) is 4.39 Å². The van der Waals surface area contributed by atoms with Crippen LogP contribution in [0.2, 0.25) is 0 Å². The van der Waals surface area contributed by atoms with Crippen LogP contribution in [0.15, 0.2) is 18.2 Å². The summed E-state index contributed by atoms with van der Waals surface area (Å²) in [4.78, 5) is 12.5. The summed E-state index contributed by atoms with van der Waals surface area (Å²) >= 11 is 1.52. The van der Waals surface area contributed by atoms with Gasteiger partial charge in [-0.05, 0) is 49.8 Å². The molecule has 0 spiro atoms. The normalized spacial score (nSPS) is 15.0. The van der Waals surface area contributed by atoms with Gasteiger partial charge in [0.15, 0.2) is 5.82 Å². The van der Waals surface area contributed by atoms with Gasteiger partial charge in [0.1, 0.15) is 11.6 Å². The topological polar surface area (TPSA) is 59.8 Å². The van der Waals surface area contributed by atoms with Crippen LogP contribution in [0.3, 0.4) is 0 Å². The minimum atomic E-state index is -0.277. The van der Waals surface area contributed by atoms with Gasteiger partial charge in [0, 0.05) is 24.3 Å². The number of thioether (sulfide) groups is 1. The van der Waals surface area contributed by atoms with E-state index in [0.717, 1.165) is 37.5 Å². The second-order valence-electron chi connectivity index (χ2n) is 6.02. The molecule has 0 unspecified atom stereocenters. The summed E-state index contributed by atoms with van der Waals surface area (Å²) in [6, 6.07) is 4.24. The van der Waals surface area contributed by atoms with Crippen LogP contribution >= 0.6 is 11.8 Å². The third-order valence-corrected chi connectivity index (χ3v) is 4.83. The molecule has 0 radical (unpaired) electrons. The number of nitrogens with zero attached hydrogens (tertiary/aromatic N) is 3. The zero-order valence-corrected chi connectivity index (χ0v) is 14.7. The smallest absolute Gasteiger partial charge is 0.251 e. The Morgan fingerprint density at radius 1 is 1.42 bits per heavy atom. The fourth-order valence-electron chi connectivity index (χ4n) is 2.98. The number of carbonyl (C=O) groups is 1. The average molecular weight is 348 g/mol. The number of aromatic nitrogens is 3. The number of halogens is 1. The molecule has 1 aromatic heterocycles. The maximum absolute atomic E-state index is 13.7. The molecule has 5 nitrogen and oxygen atoms in total. The van der Waals surface area contributed by atoms with Gasteiger partial charge in [-0.2, -0.15) is 11.8 Å². The van der Waals surface area contributed by atoms with E-state index in [1.807, 2.05) is 13.2 Å². The van der Waals surface area contributed by atoms with Gasteiger partial charge in [0.2, 0.25) is 0 Å². The minimum absolute atomic E-state index is 0.224. The van der Waals surface area contributed by atoms with Crippen molar-refractivity contribution in [2.45, 2.75) is 44.5 Å². The number of nitrogens with one attached hydrogen (secondary N) is 1. The maximum atomic E-state index is 13.7. The standard InChI is InChI=1S/C17H21FN4OS/c1-11(16-21-20-15-5-3-4-8-22(15)16)19-17(23)12-6-7-14(18)13(9-12)10-24-2/h6-7,9,11H,3-5,8,10H2,1-2H3,(H,19,23)/t11-/m0/s1. The second kappa shape index (κ2) is 7.34. The predicted octanol–water partition coefficient (Wildman–Crippen LogP) is 3.11. The zero-order chi connectivity index (χ0) is 17.1. The van der Waals surface area contributed by atoms with Crippen molar-refractivity contribution in [3.05, 3.63) is 46.8 Å². The Kier molecular flexibility index (Phi) is 5.18. The molecule has 24 heavy (non-hydrogen) atoms. The van der Waals surface area contributed by atoms with Crippen LogP contribution < -0.4 is 5.32 Å². The van der Waals surface area contributed by atoms with E-state index in [0.29, 0.717) is 16.9 Å². The SMILES string of the molecule is CSCc1cc(C(=O)N[C@@H](C)c2nnc3n2CCCC3)ccc1F. The first-order chi connectivity index (χ1) is 11.6. The number of hydrogen-bond donors (Lipinski definition) is 1. The van der Waals surface area contributed by atoms with Gasteiger partial charge in [0.05, 0.1) is 6.04 Å². The third-order valence-electron chi connectivity index (χ3n) is 4.23. The highest BCUT2D eigenvalue weighted by atomic mass is 32.2. The van der Waals surface area contributed by atoms with Crippen molar-refractivity contribution in [1.29, 1.82) is 0 Å². The molecular weight excluding hydrogens is 327 g/mol. The lowest BCUT2D eigenvalue weighted by molar-refractivity contribution is 0.0937. The van der Waals surface area contributed by atoms with E-state index in [4.69, 9.17) is 0 Å². The second-order valence-corrected chi connectivity index (χ2v) is 6.88. The van der Waals surface area contributed by atoms with E-state index in [-0.39, 0.29) is 17.8 Å². The molecule has 0 aliphatic carbocycles. The Hall–Kier alpha value is -1.89. The van der Waals surface area contributed by atoms with Crippen molar-refractivity contribution in [2.24, 2.45) is 0 Å². The monoisotopic (exact) mass is 348 g/mol. The first kappa shape index (κ1) is 17.0. The van der Waals surface area contributed by atoms with E-state index in [9.17, 15) is 9.18 Å². The van der Waals surface area contributed by atoms with Crippen molar-refractivity contribution in [1.82, 2.24) is 20.1 Å². The number of carbonyl (C=O) groups excluding carboxylic acids is 1.